The van der Waals surface area contributed by atoms with E-state index in [-0.39, 0.29) is 11.9 Å². The smallest absolute Gasteiger partial charge is 0.261 e. The molecule has 0 radical (unpaired) electrons. The van der Waals surface area contributed by atoms with E-state index in [1.165, 1.54) is 36.0 Å². The molecule has 0 heterocycles. The maximum atomic E-state index is 12.8. The molecular formula is C26H29NO2. The molecule has 0 spiro atoms. The number of benzene rings is 3. The summed E-state index contributed by atoms with van der Waals surface area (Å²) in [5.41, 5.74) is 4.11. The van der Waals surface area contributed by atoms with Crippen molar-refractivity contribution in [1.29, 1.82) is 0 Å². The van der Waals surface area contributed by atoms with Gasteiger partial charge in [0.15, 0.2) is 6.10 Å². The lowest BCUT2D eigenvalue weighted by molar-refractivity contribution is -0.128. The first-order chi connectivity index (χ1) is 14.1. The van der Waals surface area contributed by atoms with Crippen LogP contribution in [0.2, 0.25) is 0 Å². The highest BCUT2D eigenvalue weighted by molar-refractivity contribution is 5.84. The van der Waals surface area contributed by atoms with E-state index < -0.39 is 6.10 Å². The zero-order chi connectivity index (χ0) is 20.2. The Morgan fingerprint density at radius 2 is 1.72 bits per heavy atom. The number of fused-ring (bicyclic) bond motifs is 2. The normalized spacial score (nSPS) is 15.4. The first kappa shape index (κ1) is 19.5. The van der Waals surface area contributed by atoms with Crippen LogP contribution in [0.15, 0.2) is 60.7 Å². The van der Waals surface area contributed by atoms with E-state index >= 15 is 0 Å². The van der Waals surface area contributed by atoms with Gasteiger partial charge < -0.3 is 10.1 Å². The minimum absolute atomic E-state index is 0.0115. The number of nitrogens with one attached hydrogen (secondary N) is 1. The third kappa shape index (κ3) is 4.45. The third-order valence-corrected chi connectivity index (χ3v) is 5.90. The Hall–Kier alpha value is -2.81. The van der Waals surface area contributed by atoms with Crippen molar-refractivity contribution in [2.24, 2.45) is 0 Å². The van der Waals surface area contributed by atoms with E-state index in [1.54, 1.807) is 0 Å². The molecule has 3 aromatic rings. The fourth-order valence-corrected chi connectivity index (χ4v) is 4.18. The van der Waals surface area contributed by atoms with E-state index in [0.29, 0.717) is 5.75 Å². The highest BCUT2D eigenvalue weighted by Crippen LogP contribution is 2.26. The number of rotatable bonds is 6. The molecule has 4 rings (SSSR count). The highest BCUT2D eigenvalue weighted by Gasteiger charge is 2.20. The maximum absolute atomic E-state index is 12.8. The molecule has 3 heteroatoms. The average Bonchev–Trinajstić information content (AvgIpc) is 2.76. The van der Waals surface area contributed by atoms with Crippen molar-refractivity contribution in [3.63, 3.8) is 0 Å². The molecule has 0 fully saturated rings. The quantitative estimate of drug-likeness (QED) is 0.584. The van der Waals surface area contributed by atoms with E-state index in [0.717, 1.165) is 23.6 Å². The molecule has 150 valence electrons. The molecule has 29 heavy (non-hydrogen) atoms. The summed E-state index contributed by atoms with van der Waals surface area (Å²) in [5.74, 6) is 0.635. The molecule has 3 aromatic carbocycles. The van der Waals surface area contributed by atoms with Crippen LogP contribution in [0.3, 0.4) is 0 Å². The lowest BCUT2D eigenvalue weighted by atomic mass is 9.89. The van der Waals surface area contributed by atoms with E-state index in [2.05, 4.69) is 42.6 Å². The maximum Gasteiger partial charge on any atom is 0.261 e. The van der Waals surface area contributed by atoms with Gasteiger partial charge in [0, 0.05) is 0 Å². The number of hydrogen-bond acceptors (Lipinski definition) is 2. The molecule has 2 atom stereocenters. The van der Waals surface area contributed by atoms with E-state index in [4.69, 9.17) is 4.74 Å². The molecule has 1 aliphatic rings. The lowest BCUT2D eigenvalue weighted by Crippen LogP contribution is -2.38. The summed E-state index contributed by atoms with van der Waals surface area (Å²) in [6, 6.07) is 20.8. The van der Waals surface area contributed by atoms with Crippen molar-refractivity contribution in [1.82, 2.24) is 5.32 Å². The zero-order valence-electron chi connectivity index (χ0n) is 17.3. The second-order valence-corrected chi connectivity index (χ2v) is 7.97. The molecule has 2 unspecified atom stereocenters. The van der Waals surface area contributed by atoms with Gasteiger partial charge in [0.2, 0.25) is 0 Å². The molecule has 0 saturated heterocycles. The van der Waals surface area contributed by atoms with Crippen molar-refractivity contribution in [2.45, 2.75) is 58.1 Å². The van der Waals surface area contributed by atoms with Crippen LogP contribution >= 0.6 is 0 Å². The van der Waals surface area contributed by atoms with Gasteiger partial charge in [-0.05, 0) is 78.6 Å². The number of amides is 1. The first-order valence-electron chi connectivity index (χ1n) is 10.7. The van der Waals surface area contributed by atoms with Crippen molar-refractivity contribution in [3.8, 4) is 5.75 Å². The molecule has 0 aliphatic heterocycles. The molecule has 1 amide bonds. The lowest BCUT2D eigenvalue weighted by Gasteiger charge is -2.23. The van der Waals surface area contributed by atoms with Gasteiger partial charge in [0.05, 0.1) is 6.04 Å². The summed E-state index contributed by atoms with van der Waals surface area (Å²) in [4.78, 5) is 12.8. The molecule has 0 bridgehead atoms. The van der Waals surface area contributed by atoms with Gasteiger partial charge >= 0.3 is 0 Å². The Balaban J connectivity index is 1.43. The summed E-state index contributed by atoms with van der Waals surface area (Å²) in [7, 11) is 0. The Morgan fingerprint density at radius 3 is 2.52 bits per heavy atom. The topological polar surface area (TPSA) is 38.3 Å². The monoisotopic (exact) mass is 387 g/mol. The average molecular weight is 388 g/mol. The predicted molar refractivity (Wildman–Crippen MR) is 118 cm³/mol. The standard InChI is InChI=1S/C26H29NO2/c1-3-25(23-13-12-19-8-4-6-10-21(19)16-23)27-26(28)18(2)29-24-15-14-20-9-5-7-11-22(20)17-24/h5,7,9,11-18,25H,3-4,6,8,10H2,1-2H3,(H,27,28). The minimum Gasteiger partial charge on any atom is -0.481 e. The molecule has 0 saturated carbocycles. The van der Waals surface area contributed by atoms with Gasteiger partial charge in [0.1, 0.15) is 5.75 Å². The van der Waals surface area contributed by atoms with Crippen LogP contribution in [0.1, 0.15) is 55.8 Å². The van der Waals surface area contributed by atoms with Crippen molar-refractivity contribution < 1.29 is 9.53 Å². The van der Waals surface area contributed by atoms with Gasteiger partial charge in [-0.2, -0.15) is 0 Å². The third-order valence-electron chi connectivity index (χ3n) is 5.90. The van der Waals surface area contributed by atoms with Gasteiger partial charge in [-0.15, -0.1) is 0 Å². The number of ether oxygens (including phenoxy) is 1. The Kier molecular flexibility index (Phi) is 5.84. The van der Waals surface area contributed by atoms with Crippen molar-refractivity contribution in [2.75, 3.05) is 0 Å². The Labute approximate surface area is 173 Å². The first-order valence-corrected chi connectivity index (χ1v) is 10.7. The minimum atomic E-state index is -0.553. The Bertz CT molecular complexity index is 1010. The summed E-state index contributed by atoms with van der Waals surface area (Å²) in [6.07, 6.45) is 5.17. The van der Waals surface area contributed by atoms with Crippen molar-refractivity contribution in [3.05, 3.63) is 77.4 Å². The van der Waals surface area contributed by atoms with Gasteiger partial charge in [0.25, 0.3) is 5.91 Å². The number of carbonyl (C=O) groups is 1. The largest absolute Gasteiger partial charge is 0.481 e. The van der Waals surface area contributed by atoms with Crippen LogP contribution < -0.4 is 10.1 Å². The predicted octanol–water partition coefficient (Wildman–Crippen LogP) is 5.75. The SMILES string of the molecule is CCC(NC(=O)C(C)Oc1ccc2ccccc2c1)c1ccc2c(c1)CCCC2. The molecule has 0 aromatic heterocycles. The molecule has 1 aliphatic carbocycles. The second kappa shape index (κ2) is 8.69. The van der Waals surface area contributed by atoms with Crippen LogP contribution in [0.5, 0.6) is 5.75 Å². The molecular weight excluding hydrogens is 358 g/mol. The zero-order valence-corrected chi connectivity index (χ0v) is 17.3. The van der Waals surface area contributed by atoms with Crippen LogP contribution in [-0.4, -0.2) is 12.0 Å². The molecule has 1 N–H and O–H groups in total. The highest BCUT2D eigenvalue weighted by atomic mass is 16.5. The van der Waals surface area contributed by atoms with Crippen LogP contribution in [0.4, 0.5) is 0 Å². The van der Waals surface area contributed by atoms with E-state index in [9.17, 15) is 4.79 Å². The van der Waals surface area contributed by atoms with E-state index in [1.807, 2.05) is 37.3 Å². The second-order valence-electron chi connectivity index (χ2n) is 7.97. The summed E-state index contributed by atoms with van der Waals surface area (Å²) >= 11 is 0. The van der Waals surface area contributed by atoms with Gasteiger partial charge in [-0.25, -0.2) is 0 Å². The molecule has 3 nitrogen and oxygen atoms in total. The van der Waals surface area contributed by atoms with Crippen LogP contribution in [0, 0.1) is 0 Å². The summed E-state index contributed by atoms with van der Waals surface area (Å²) < 4.78 is 5.94. The number of carbonyl (C=O) groups excluding carboxylic acids is 1. The fraction of sp³-hybridized carbons (Fsp3) is 0.346. The van der Waals surface area contributed by atoms with Crippen LogP contribution in [-0.2, 0) is 17.6 Å². The Morgan fingerprint density at radius 1 is 0.966 bits per heavy atom. The number of hydrogen-bond donors (Lipinski definition) is 1. The van der Waals surface area contributed by atoms with Gasteiger partial charge in [-0.3, -0.25) is 4.79 Å². The van der Waals surface area contributed by atoms with Gasteiger partial charge in [-0.1, -0.05) is 55.5 Å². The van der Waals surface area contributed by atoms with Crippen molar-refractivity contribution >= 4 is 16.7 Å². The van der Waals surface area contributed by atoms with Crippen LogP contribution in [0.25, 0.3) is 10.8 Å². The summed E-state index contributed by atoms with van der Waals surface area (Å²) in [6.45, 7) is 3.92. The summed E-state index contributed by atoms with van der Waals surface area (Å²) in [5, 5.41) is 5.45. The number of aryl methyl sites for hydroxylation is 2. The fourth-order valence-electron chi connectivity index (χ4n) is 4.18.